The summed E-state index contributed by atoms with van der Waals surface area (Å²) < 4.78 is 0. The lowest BCUT2D eigenvalue weighted by atomic mass is 10.3. The van der Waals surface area contributed by atoms with Crippen LogP contribution in [0.4, 0.5) is 0 Å². The molecule has 1 fully saturated rings. The minimum absolute atomic E-state index is 0.666. The van der Waals surface area contributed by atoms with Gasteiger partial charge in [-0.1, -0.05) is 0 Å². The van der Waals surface area contributed by atoms with E-state index >= 15 is 0 Å². The number of hydroxylamine groups is 2. The molecule has 0 atom stereocenters. The molecule has 10 heavy (non-hydrogen) atoms. The Hall–Kier alpha value is -0.540. The van der Waals surface area contributed by atoms with Crippen LogP contribution in [-0.2, 0) is 9.68 Å². The topological polar surface area (TPSA) is 21.7 Å². The molecule has 1 saturated carbocycles. The molecule has 1 aliphatic carbocycles. The first-order valence-corrected chi connectivity index (χ1v) is 3.59. The highest BCUT2D eigenvalue weighted by molar-refractivity contribution is 5.10. The Kier molecular flexibility index (Phi) is 1.39. The molecular formula is C7H11NO2. The van der Waals surface area contributed by atoms with Gasteiger partial charge in [-0.15, -0.1) is 5.23 Å². The molecule has 0 unspecified atom stereocenters. The fraction of sp³-hybridized carbons (Fsp3) is 0.714. The second-order valence-electron chi connectivity index (χ2n) is 2.64. The highest BCUT2D eigenvalue weighted by atomic mass is 16.9. The minimum atomic E-state index is 0.666. The molecule has 0 aromatic carbocycles. The van der Waals surface area contributed by atoms with Crippen molar-refractivity contribution in [3.8, 4) is 0 Å². The van der Waals surface area contributed by atoms with Crippen LogP contribution in [0.5, 0.6) is 0 Å². The fourth-order valence-electron chi connectivity index (χ4n) is 1.19. The van der Waals surface area contributed by atoms with Crippen molar-refractivity contribution in [2.45, 2.75) is 12.8 Å². The van der Waals surface area contributed by atoms with Crippen molar-refractivity contribution < 1.29 is 9.68 Å². The van der Waals surface area contributed by atoms with Crippen molar-refractivity contribution in [3.05, 3.63) is 11.8 Å². The van der Waals surface area contributed by atoms with Gasteiger partial charge < -0.3 is 0 Å². The molecule has 2 aliphatic rings. The van der Waals surface area contributed by atoms with Crippen LogP contribution in [0.2, 0.25) is 0 Å². The van der Waals surface area contributed by atoms with E-state index in [1.165, 1.54) is 23.8 Å². The van der Waals surface area contributed by atoms with E-state index in [4.69, 9.17) is 9.68 Å². The zero-order valence-electron chi connectivity index (χ0n) is 6.04. The third-order valence-electron chi connectivity index (χ3n) is 1.86. The van der Waals surface area contributed by atoms with E-state index in [1.807, 2.05) is 0 Å². The molecule has 0 bridgehead atoms. The third-order valence-corrected chi connectivity index (χ3v) is 1.86. The van der Waals surface area contributed by atoms with Crippen molar-refractivity contribution in [2.75, 3.05) is 13.7 Å². The Morgan fingerprint density at radius 1 is 1.70 bits per heavy atom. The maximum atomic E-state index is 5.13. The van der Waals surface area contributed by atoms with Gasteiger partial charge in [-0.2, -0.15) is 0 Å². The van der Waals surface area contributed by atoms with Crippen LogP contribution in [0.1, 0.15) is 12.8 Å². The standard InChI is InChI=1S/C7H11NO2/c1-9-8-7(4-5-10-8)6-2-3-6/h4,6H,2-3,5H2,1H3. The summed E-state index contributed by atoms with van der Waals surface area (Å²) in [6.07, 6.45) is 4.66. The summed E-state index contributed by atoms with van der Waals surface area (Å²) in [5, 5.41) is 1.53. The van der Waals surface area contributed by atoms with E-state index in [1.54, 1.807) is 7.11 Å². The lowest BCUT2D eigenvalue weighted by Crippen LogP contribution is -2.17. The molecule has 3 nitrogen and oxygen atoms in total. The summed E-state index contributed by atoms with van der Waals surface area (Å²) in [6.45, 7) is 0.666. The van der Waals surface area contributed by atoms with Gasteiger partial charge in [0.1, 0.15) is 0 Å². The van der Waals surface area contributed by atoms with Crippen molar-refractivity contribution in [3.63, 3.8) is 0 Å². The predicted molar refractivity (Wildman–Crippen MR) is 35.6 cm³/mol. The second kappa shape index (κ2) is 2.25. The van der Waals surface area contributed by atoms with E-state index in [0.717, 1.165) is 0 Å². The quantitative estimate of drug-likeness (QED) is 0.574. The van der Waals surface area contributed by atoms with E-state index in [-0.39, 0.29) is 0 Å². The normalized spacial score (nSPS) is 25.3. The predicted octanol–water partition coefficient (Wildman–Crippen LogP) is 1.09. The minimum Gasteiger partial charge on any atom is -0.252 e. The van der Waals surface area contributed by atoms with Gasteiger partial charge in [0, 0.05) is 5.92 Å². The average Bonchev–Trinajstić information content (AvgIpc) is 2.69. The van der Waals surface area contributed by atoms with Crippen LogP contribution in [-0.4, -0.2) is 18.9 Å². The summed E-state index contributed by atoms with van der Waals surface area (Å²) in [5.74, 6) is 0.711. The molecule has 0 amide bonds. The van der Waals surface area contributed by atoms with Gasteiger partial charge in [0.2, 0.25) is 0 Å². The Morgan fingerprint density at radius 3 is 3.10 bits per heavy atom. The number of hydrogen-bond donors (Lipinski definition) is 0. The maximum Gasteiger partial charge on any atom is 0.0978 e. The summed E-state index contributed by atoms with van der Waals surface area (Å²) in [7, 11) is 1.63. The number of nitrogens with zero attached hydrogens (tertiary/aromatic N) is 1. The Bertz CT molecular complexity index is 163. The van der Waals surface area contributed by atoms with E-state index < -0.39 is 0 Å². The first-order valence-electron chi connectivity index (χ1n) is 3.59. The number of hydrogen-bond acceptors (Lipinski definition) is 3. The van der Waals surface area contributed by atoms with Gasteiger partial charge in [-0.3, -0.25) is 4.84 Å². The summed E-state index contributed by atoms with van der Waals surface area (Å²) >= 11 is 0. The smallest absolute Gasteiger partial charge is 0.0978 e. The monoisotopic (exact) mass is 141 g/mol. The summed E-state index contributed by atoms with van der Waals surface area (Å²) in [5.41, 5.74) is 1.21. The van der Waals surface area contributed by atoms with Crippen molar-refractivity contribution >= 4 is 0 Å². The highest BCUT2D eigenvalue weighted by Crippen LogP contribution is 2.39. The van der Waals surface area contributed by atoms with Crippen LogP contribution in [0, 0.1) is 5.92 Å². The molecule has 0 aromatic heterocycles. The average molecular weight is 141 g/mol. The Labute approximate surface area is 60.1 Å². The zero-order valence-corrected chi connectivity index (χ0v) is 6.04. The maximum absolute atomic E-state index is 5.13. The van der Waals surface area contributed by atoms with Crippen LogP contribution in [0.25, 0.3) is 0 Å². The Balaban J connectivity index is 2.02. The molecule has 0 N–H and O–H groups in total. The lowest BCUT2D eigenvalue weighted by Gasteiger charge is -2.15. The molecular weight excluding hydrogens is 130 g/mol. The summed E-state index contributed by atoms with van der Waals surface area (Å²) in [6, 6.07) is 0. The van der Waals surface area contributed by atoms with E-state index in [9.17, 15) is 0 Å². The molecule has 3 heteroatoms. The largest absolute Gasteiger partial charge is 0.252 e. The Morgan fingerprint density at radius 2 is 2.50 bits per heavy atom. The van der Waals surface area contributed by atoms with Crippen LogP contribution >= 0.6 is 0 Å². The van der Waals surface area contributed by atoms with Crippen LogP contribution in [0.15, 0.2) is 11.8 Å². The van der Waals surface area contributed by atoms with Gasteiger partial charge in [-0.25, -0.2) is 4.84 Å². The lowest BCUT2D eigenvalue weighted by molar-refractivity contribution is -0.316. The molecule has 0 spiro atoms. The first-order chi connectivity index (χ1) is 4.92. The molecule has 56 valence electrons. The van der Waals surface area contributed by atoms with E-state index in [2.05, 4.69) is 6.08 Å². The van der Waals surface area contributed by atoms with Crippen molar-refractivity contribution in [1.82, 2.24) is 5.23 Å². The van der Waals surface area contributed by atoms with Crippen molar-refractivity contribution in [1.29, 1.82) is 0 Å². The molecule has 1 aliphatic heterocycles. The van der Waals surface area contributed by atoms with Gasteiger partial charge in [0.25, 0.3) is 0 Å². The number of rotatable bonds is 2. The summed E-state index contributed by atoms with van der Waals surface area (Å²) in [4.78, 5) is 10.1. The zero-order chi connectivity index (χ0) is 6.97. The second-order valence-corrected chi connectivity index (χ2v) is 2.64. The van der Waals surface area contributed by atoms with Crippen LogP contribution in [0.3, 0.4) is 0 Å². The van der Waals surface area contributed by atoms with Gasteiger partial charge in [-0.05, 0) is 18.9 Å². The van der Waals surface area contributed by atoms with E-state index in [0.29, 0.717) is 12.5 Å². The van der Waals surface area contributed by atoms with Crippen LogP contribution < -0.4 is 0 Å². The van der Waals surface area contributed by atoms with Gasteiger partial charge >= 0.3 is 0 Å². The molecule has 2 rings (SSSR count). The third kappa shape index (κ3) is 0.914. The highest BCUT2D eigenvalue weighted by Gasteiger charge is 2.32. The number of allylic oxidation sites excluding steroid dienone is 1. The molecule has 0 radical (unpaired) electrons. The SMILES string of the molecule is CON1OCC=C1C1CC1. The first kappa shape index (κ1) is 6.19. The fourth-order valence-corrected chi connectivity index (χ4v) is 1.19. The van der Waals surface area contributed by atoms with Crippen molar-refractivity contribution in [2.24, 2.45) is 5.92 Å². The molecule has 1 heterocycles. The van der Waals surface area contributed by atoms with Gasteiger partial charge in [0.05, 0.1) is 19.4 Å². The molecule has 0 aromatic rings. The molecule has 0 saturated heterocycles. The van der Waals surface area contributed by atoms with Gasteiger partial charge in [0.15, 0.2) is 0 Å².